The van der Waals surface area contributed by atoms with E-state index >= 15 is 0 Å². The van der Waals surface area contributed by atoms with Crippen LogP contribution in [0.25, 0.3) is 10.9 Å². The summed E-state index contributed by atoms with van der Waals surface area (Å²) in [6, 6.07) is 10.3. The van der Waals surface area contributed by atoms with E-state index in [-0.39, 0.29) is 12.1 Å². The summed E-state index contributed by atoms with van der Waals surface area (Å²) in [5.41, 5.74) is 8.35. The number of nitrogens with two attached hydrogens (primary N) is 1. The van der Waals surface area contributed by atoms with Crippen molar-refractivity contribution < 1.29 is 4.74 Å². The molecule has 0 bridgehead atoms. The van der Waals surface area contributed by atoms with Gasteiger partial charge in [0.05, 0.1) is 11.6 Å². The second-order valence-corrected chi connectivity index (χ2v) is 4.69. The van der Waals surface area contributed by atoms with E-state index in [0.717, 1.165) is 29.3 Å². The van der Waals surface area contributed by atoms with Crippen LogP contribution in [0.4, 0.5) is 0 Å². The molecule has 1 aromatic heterocycles. The van der Waals surface area contributed by atoms with Crippen LogP contribution in [0, 0.1) is 0 Å². The lowest BCUT2D eigenvalue weighted by Gasteiger charge is -2.15. The first-order valence-electron chi connectivity index (χ1n) is 6.33. The van der Waals surface area contributed by atoms with Crippen molar-refractivity contribution in [3.63, 3.8) is 0 Å². The van der Waals surface area contributed by atoms with Crippen molar-refractivity contribution in [2.45, 2.75) is 31.9 Å². The monoisotopic (exact) mass is 244 g/mol. The SMILES string of the molecule is COC(C)CCC(N)c1ccc2cccnc2c1. The first-order chi connectivity index (χ1) is 8.70. The summed E-state index contributed by atoms with van der Waals surface area (Å²) < 4.78 is 5.24. The van der Waals surface area contributed by atoms with Gasteiger partial charge in [0, 0.05) is 24.7 Å². The molecule has 0 saturated heterocycles. The molecule has 0 aliphatic heterocycles. The maximum absolute atomic E-state index is 6.21. The lowest BCUT2D eigenvalue weighted by Crippen LogP contribution is -2.14. The predicted molar refractivity (Wildman–Crippen MR) is 74.4 cm³/mol. The van der Waals surface area contributed by atoms with Crippen molar-refractivity contribution in [2.75, 3.05) is 7.11 Å². The van der Waals surface area contributed by atoms with Crippen molar-refractivity contribution in [3.8, 4) is 0 Å². The molecule has 3 nitrogen and oxygen atoms in total. The lowest BCUT2D eigenvalue weighted by atomic mass is 10.00. The van der Waals surface area contributed by atoms with Crippen molar-refractivity contribution in [2.24, 2.45) is 5.73 Å². The summed E-state index contributed by atoms with van der Waals surface area (Å²) in [7, 11) is 1.73. The highest BCUT2D eigenvalue weighted by Crippen LogP contribution is 2.21. The van der Waals surface area contributed by atoms with Crippen LogP contribution in [0.15, 0.2) is 36.5 Å². The Balaban J connectivity index is 2.10. The zero-order valence-corrected chi connectivity index (χ0v) is 11.0. The Hall–Kier alpha value is -1.45. The van der Waals surface area contributed by atoms with Crippen LogP contribution < -0.4 is 5.73 Å². The number of fused-ring (bicyclic) bond motifs is 1. The van der Waals surface area contributed by atoms with E-state index in [1.165, 1.54) is 0 Å². The van der Waals surface area contributed by atoms with Gasteiger partial charge >= 0.3 is 0 Å². The smallest absolute Gasteiger partial charge is 0.0705 e. The van der Waals surface area contributed by atoms with E-state index in [0.29, 0.717) is 0 Å². The fraction of sp³-hybridized carbons (Fsp3) is 0.400. The Kier molecular flexibility index (Phi) is 4.28. The van der Waals surface area contributed by atoms with Crippen LogP contribution in [0.1, 0.15) is 31.4 Å². The maximum atomic E-state index is 6.21. The fourth-order valence-electron chi connectivity index (χ4n) is 2.01. The number of ether oxygens (including phenoxy) is 1. The number of methoxy groups -OCH3 is 1. The second kappa shape index (κ2) is 5.94. The average Bonchev–Trinajstić information content (AvgIpc) is 2.43. The molecular weight excluding hydrogens is 224 g/mol. The number of nitrogens with zero attached hydrogens (tertiary/aromatic N) is 1. The first-order valence-corrected chi connectivity index (χ1v) is 6.33. The number of hydrogen-bond donors (Lipinski definition) is 1. The van der Waals surface area contributed by atoms with Crippen LogP contribution >= 0.6 is 0 Å². The molecule has 0 saturated carbocycles. The normalized spacial score (nSPS) is 14.6. The molecule has 0 amide bonds. The molecule has 0 aliphatic carbocycles. The van der Waals surface area contributed by atoms with Gasteiger partial charge < -0.3 is 10.5 Å². The Morgan fingerprint density at radius 2 is 2.11 bits per heavy atom. The van der Waals surface area contributed by atoms with Gasteiger partial charge in [-0.15, -0.1) is 0 Å². The van der Waals surface area contributed by atoms with E-state index < -0.39 is 0 Å². The predicted octanol–water partition coefficient (Wildman–Crippen LogP) is 3.05. The fourth-order valence-corrected chi connectivity index (χ4v) is 2.01. The molecule has 2 unspecified atom stereocenters. The minimum Gasteiger partial charge on any atom is -0.382 e. The summed E-state index contributed by atoms with van der Waals surface area (Å²) in [5.74, 6) is 0. The summed E-state index contributed by atoms with van der Waals surface area (Å²) >= 11 is 0. The minimum absolute atomic E-state index is 0.0500. The first kappa shape index (κ1) is 13.0. The van der Waals surface area contributed by atoms with E-state index in [1.54, 1.807) is 7.11 Å². The summed E-state index contributed by atoms with van der Waals surface area (Å²) in [4.78, 5) is 4.36. The lowest BCUT2D eigenvalue weighted by molar-refractivity contribution is 0.107. The third-order valence-electron chi connectivity index (χ3n) is 3.34. The highest BCUT2D eigenvalue weighted by Gasteiger charge is 2.09. The van der Waals surface area contributed by atoms with Crippen molar-refractivity contribution >= 4 is 10.9 Å². The average molecular weight is 244 g/mol. The number of benzene rings is 1. The second-order valence-electron chi connectivity index (χ2n) is 4.69. The van der Waals surface area contributed by atoms with Gasteiger partial charge in [0.2, 0.25) is 0 Å². The van der Waals surface area contributed by atoms with Crippen LogP contribution in [-0.2, 0) is 4.74 Å². The molecule has 96 valence electrons. The molecule has 1 aromatic carbocycles. The van der Waals surface area contributed by atoms with Crippen molar-refractivity contribution in [1.29, 1.82) is 0 Å². The molecule has 0 fully saturated rings. The highest BCUT2D eigenvalue weighted by atomic mass is 16.5. The Bertz CT molecular complexity index is 513. The quantitative estimate of drug-likeness (QED) is 0.879. The van der Waals surface area contributed by atoms with Gasteiger partial charge in [0.15, 0.2) is 0 Å². The topological polar surface area (TPSA) is 48.1 Å². The zero-order chi connectivity index (χ0) is 13.0. The molecule has 1 heterocycles. The Labute approximate surface area is 108 Å². The van der Waals surface area contributed by atoms with Gasteiger partial charge in [-0.1, -0.05) is 18.2 Å². The standard InChI is InChI=1S/C15H20N2O/c1-11(18-2)5-8-14(16)13-7-6-12-4-3-9-17-15(12)10-13/h3-4,6-7,9-11,14H,5,8,16H2,1-2H3. The molecule has 2 atom stereocenters. The molecule has 0 aliphatic rings. The summed E-state index contributed by atoms with van der Waals surface area (Å²) in [5, 5.41) is 1.15. The van der Waals surface area contributed by atoms with Crippen molar-refractivity contribution in [3.05, 3.63) is 42.1 Å². The molecule has 2 rings (SSSR count). The third-order valence-corrected chi connectivity index (χ3v) is 3.34. The van der Waals surface area contributed by atoms with Gasteiger partial charge in [-0.3, -0.25) is 4.98 Å². The number of hydrogen-bond acceptors (Lipinski definition) is 3. The zero-order valence-electron chi connectivity index (χ0n) is 11.0. The van der Waals surface area contributed by atoms with E-state index in [4.69, 9.17) is 10.5 Å². The Morgan fingerprint density at radius 1 is 1.28 bits per heavy atom. The summed E-state index contributed by atoms with van der Waals surface area (Å²) in [6.07, 6.45) is 3.96. The largest absolute Gasteiger partial charge is 0.382 e. The van der Waals surface area contributed by atoms with Gasteiger partial charge in [-0.05, 0) is 37.5 Å². The minimum atomic E-state index is 0.0500. The van der Waals surface area contributed by atoms with Gasteiger partial charge in [-0.2, -0.15) is 0 Å². The molecule has 2 N–H and O–H groups in total. The molecule has 3 heteroatoms. The van der Waals surface area contributed by atoms with Crippen molar-refractivity contribution in [1.82, 2.24) is 4.98 Å². The molecule has 2 aromatic rings. The van der Waals surface area contributed by atoms with Crippen LogP contribution in [-0.4, -0.2) is 18.2 Å². The van der Waals surface area contributed by atoms with Gasteiger partial charge in [0.25, 0.3) is 0 Å². The number of aromatic nitrogens is 1. The van der Waals surface area contributed by atoms with Gasteiger partial charge in [-0.25, -0.2) is 0 Å². The summed E-state index contributed by atoms with van der Waals surface area (Å²) in [6.45, 7) is 2.06. The molecule has 18 heavy (non-hydrogen) atoms. The van der Waals surface area contributed by atoms with Gasteiger partial charge in [0.1, 0.15) is 0 Å². The van der Waals surface area contributed by atoms with E-state index in [9.17, 15) is 0 Å². The maximum Gasteiger partial charge on any atom is 0.0705 e. The number of rotatable bonds is 5. The van der Waals surface area contributed by atoms with Crippen LogP contribution in [0.2, 0.25) is 0 Å². The third kappa shape index (κ3) is 3.06. The molecule has 0 radical (unpaired) electrons. The van der Waals surface area contributed by atoms with E-state index in [2.05, 4.69) is 36.2 Å². The van der Waals surface area contributed by atoms with E-state index in [1.807, 2.05) is 12.3 Å². The van der Waals surface area contributed by atoms with Crippen LogP contribution in [0.5, 0.6) is 0 Å². The number of pyridine rings is 1. The molecular formula is C15H20N2O. The molecule has 0 spiro atoms. The van der Waals surface area contributed by atoms with Crippen LogP contribution in [0.3, 0.4) is 0 Å². The Morgan fingerprint density at radius 3 is 2.89 bits per heavy atom. The highest BCUT2D eigenvalue weighted by molar-refractivity contribution is 5.78.